The molecular formula is C27H34N2O4. The molecule has 6 nitrogen and oxygen atoms in total. The molecule has 0 spiro atoms. The zero-order valence-electron chi connectivity index (χ0n) is 20.4. The highest BCUT2D eigenvalue weighted by Crippen LogP contribution is 2.39. The molecule has 1 heterocycles. The van der Waals surface area contributed by atoms with E-state index in [1.807, 2.05) is 57.1 Å². The second-order valence-corrected chi connectivity index (χ2v) is 9.39. The van der Waals surface area contributed by atoms with Crippen molar-refractivity contribution in [1.29, 1.82) is 0 Å². The zero-order chi connectivity index (χ0) is 24.3. The van der Waals surface area contributed by atoms with Gasteiger partial charge in [0.25, 0.3) is 11.7 Å². The number of aliphatic hydroxyl groups is 1. The number of aryl methyl sites for hydroxylation is 2. The number of hydrogen-bond acceptors (Lipinski definition) is 5. The maximum atomic E-state index is 13.1. The van der Waals surface area contributed by atoms with E-state index >= 15 is 0 Å². The Morgan fingerprint density at radius 1 is 1.09 bits per heavy atom. The Morgan fingerprint density at radius 2 is 1.76 bits per heavy atom. The van der Waals surface area contributed by atoms with Gasteiger partial charge in [-0.1, -0.05) is 43.7 Å². The third kappa shape index (κ3) is 5.45. The summed E-state index contributed by atoms with van der Waals surface area (Å²) in [5.41, 5.74) is 3.35. The van der Waals surface area contributed by atoms with E-state index in [-0.39, 0.29) is 11.3 Å². The van der Waals surface area contributed by atoms with Crippen molar-refractivity contribution in [3.63, 3.8) is 0 Å². The molecule has 1 N–H and O–H groups in total. The lowest BCUT2D eigenvalue weighted by Gasteiger charge is -2.26. The summed E-state index contributed by atoms with van der Waals surface area (Å²) in [6.07, 6.45) is 0. The molecule has 1 amide bonds. The van der Waals surface area contributed by atoms with Crippen molar-refractivity contribution < 1.29 is 19.4 Å². The number of carbonyl (C=O) groups is 2. The molecule has 33 heavy (non-hydrogen) atoms. The highest BCUT2D eigenvalue weighted by Gasteiger charge is 2.45. The van der Waals surface area contributed by atoms with Crippen molar-refractivity contribution in [2.45, 2.75) is 33.7 Å². The van der Waals surface area contributed by atoms with Crippen LogP contribution >= 0.6 is 0 Å². The fourth-order valence-electron chi connectivity index (χ4n) is 3.88. The molecule has 0 bridgehead atoms. The van der Waals surface area contributed by atoms with Gasteiger partial charge in [0.2, 0.25) is 0 Å². The quantitative estimate of drug-likeness (QED) is 0.368. The van der Waals surface area contributed by atoms with E-state index in [1.54, 1.807) is 23.1 Å². The Bertz CT molecular complexity index is 1050. The molecule has 1 aliphatic heterocycles. The van der Waals surface area contributed by atoms with Crippen LogP contribution in [0.2, 0.25) is 0 Å². The summed E-state index contributed by atoms with van der Waals surface area (Å²) in [5.74, 6) is -0.274. The van der Waals surface area contributed by atoms with Gasteiger partial charge < -0.3 is 19.6 Å². The first-order valence-electron chi connectivity index (χ1n) is 11.3. The average Bonchev–Trinajstić information content (AvgIpc) is 3.01. The first kappa shape index (κ1) is 24.5. The van der Waals surface area contributed by atoms with Crippen molar-refractivity contribution in [2.24, 2.45) is 5.92 Å². The van der Waals surface area contributed by atoms with Crippen LogP contribution in [0.4, 0.5) is 0 Å². The maximum absolute atomic E-state index is 13.1. The predicted octanol–water partition coefficient (Wildman–Crippen LogP) is 4.32. The number of carbonyl (C=O) groups excluding carboxylic acids is 2. The number of ether oxygens (including phenoxy) is 1. The summed E-state index contributed by atoms with van der Waals surface area (Å²) in [4.78, 5) is 29.6. The highest BCUT2D eigenvalue weighted by atomic mass is 16.5. The summed E-state index contributed by atoms with van der Waals surface area (Å²) in [5, 5.41) is 11.3. The second-order valence-electron chi connectivity index (χ2n) is 9.39. The molecule has 0 aromatic heterocycles. The third-order valence-electron chi connectivity index (χ3n) is 5.74. The molecule has 176 valence electrons. The topological polar surface area (TPSA) is 70.1 Å². The minimum absolute atomic E-state index is 0.123. The van der Waals surface area contributed by atoms with Crippen LogP contribution in [0.1, 0.15) is 42.1 Å². The fourth-order valence-corrected chi connectivity index (χ4v) is 3.88. The van der Waals surface area contributed by atoms with Crippen LogP contribution in [0.5, 0.6) is 5.75 Å². The lowest BCUT2D eigenvalue weighted by Crippen LogP contribution is -2.35. The van der Waals surface area contributed by atoms with Gasteiger partial charge in [-0.3, -0.25) is 9.59 Å². The molecule has 1 saturated heterocycles. The van der Waals surface area contributed by atoms with E-state index in [1.165, 1.54) is 0 Å². The molecule has 1 aliphatic rings. The Morgan fingerprint density at radius 3 is 2.33 bits per heavy atom. The molecule has 1 fully saturated rings. The summed E-state index contributed by atoms with van der Waals surface area (Å²) >= 11 is 0. The third-order valence-corrected chi connectivity index (χ3v) is 5.74. The van der Waals surface area contributed by atoms with Crippen LogP contribution in [0, 0.1) is 19.8 Å². The molecule has 0 radical (unpaired) electrons. The number of ketones is 1. The van der Waals surface area contributed by atoms with Gasteiger partial charge in [-0.25, -0.2) is 0 Å². The van der Waals surface area contributed by atoms with Gasteiger partial charge in [0.15, 0.2) is 0 Å². The minimum Gasteiger partial charge on any atom is -0.507 e. The molecule has 2 aromatic rings. The van der Waals surface area contributed by atoms with Crippen molar-refractivity contribution in [2.75, 3.05) is 33.8 Å². The van der Waals surface area contributed by atoms with E-state index in [0.717, 1.165) is 22.4 Å². The van der Waals surface area contributed by atoms with Gasteiger partial charge >= 0.3 is 0 Å². The lowest BCUT2D eigenvalue weighted by molar-refractivity contribution is -0.140. The molecule has 2 aromatic carbocycles. The van der Waals surface area contributed by atoms with Crippen LogP contribution < -0.4 is 4.74 Å². The van der Waals surface area contributed by atoms with Gasteiger partial charge in [0, 0.05) is 18.7 Å². The molecule has 3 rings (SSSR count). The number of Topliss-reactive ketones (excluding diaryl/α,β-unsaturated/α-hetero) is 1. The number of hydrogen-bond donors (Lipinski definition) is 1. The summed E-state index contributed by atoms with van der Waals surface area (Å²) < 4.78 is 5.84. The van der Waals surface area contributed by atoms with Crippen molar-refractivity contribution in [3.8, 4) is 5.75 Å². The summed E-state index contributed by atoms with van der Waals surface area (Å²) in [6.45, 7) is 9.63. The van der Waals surface area contributed by atoms with E-state index in [9.17, 15) is 14.7 Å². The second kappa shape index (κ2) is 10.2. The van der Waals surface area contributed by atoms with Gasteiger partial charge in [0.05, 0.1) is 18.2 Å². The highest BCUT2D eigenvalue weighted by molar-refractivity contribution is 6.46. The maximum Gasteiger partial charge on any atom is 0.295 e. The summed E-state index contributed by atoms with van der Waals surface area (Å²) in [7, 11) is 3.84. The molecule has 0 saturated carbocycles. The number of aliphatic hydroxyl groups excluding tert-OH is 1. The lowest BCUT2D eigenvalue weighted by atomic mass is 9.94. The predicted molar refractivity (Wildman–Crippen MR) is 130 cm³/mol. The van der Waals surface area contributed by atoms with E-state index in [4.69, 9.17) is 4.74 Å². The van der Waals surface area contributed by atoms with Gasteiger partial charge in [0.1, 0.15) is 11.5 Å². The van der Waals surface area contributed by atoms with Crippen LogP contribution in [0.25, 0.3) is 5.76 Å². The first-order chi connectivity index (χ1) is 15.6. The van der Waals surface area contributed by atoms with Crippen molar-refractivity contribution in [1.82, 2.24) is 9.80 Å². The monoisotopic (exact) mass is 450 g/mol. The van der Waals surface area contributed by atoms with Crippen LogP contribution in [0.3, 0.4) is 0 Å². The van der Waals surface area contributed by atoms with Crippen LogP contribution in [-0.2, 0) is 9.59 Å². The van der Waals surface area contributed by atoms with Crippen LogP contribution in [-0.4, -0.2) is 60.4 Å². The minimum atomic E-state index is -0.658. The number of nitrogens with zero attached hydrogens (tertiary/aromatic N) is 2. The zero-order valence-corrected chi connectivity index (χ0v) is 20.4. The normalized spacial score (nSPS) is 17.9. The average molecular weight is 451 g/mol. The Kier molecular flexibility index (Phi) is 7.59. The smallest absolute Gasteiger partial charge is 0.295 e. The number of amides is 1. The fraction of sp³-hybridized carbons (Fsp3) is 0.407. The Balaban J connectivity index is 2.06. The molecule has 1 atom stereocenters. The molecule has 6 heteroatoms. The van der Waals surface area contributed by atoms with E-state index in [0.29, 0.717) is 31.2 Å². The van der Waals surface area contributed by atoms with Crippen molar-refractivity contribution >= 4 is 17.4 Å². The van der Waals surface area contributed by atoms with Crippen LogP contribution in [0.15, 0.2) is 48.0 Å². The molecular weight excluding hydrogens is 416 g/mol. The van der Waals surface area contributed by atoms with Gasteiger partial charge in [-0.15, -0.1) is 0 Å². The number of likely N-dealkylation sites (N-methyl/N-ethyl adjacent to an activating group) is 1. The van der Waals surface area contributed by atoms with E-state index < -0.39 is 17.7 Å². The number of likely N-dealkylation sites (tertiary alicyclic amines) is 1. The summed E-state index contributed by atoms with van der Waals surface area (Å²) in [6, 6.07) is 12.4. The SMILES string of the molecule is Cc1ccc(C2/C(=C(/O)c3ccc(OCC(C)C)c(C)c3)C(=O)C(=O)N2CCN(C)C)cc1. The van der Waals surface area contributed by atoms with Crippen molar-refractivity contribution in [3.05, 3.63) is 70.3 Å². The number of rotatable bonds is 8. The Hall–Kier alpha value is -3.12. The number of benzene rings is 2. The molecule has 0 aliphatic carbocycles. The van der Waals surface area contributed by atoms with E-state index in [2.05, 4.69) is 13.8 Å². The van der Waals surface area contributed by atoms with Gasteiger partial charge in [-0.05, 0) is 63.2 Å². The first-order valence-corrected chi connectivity index (χ1v) is 11.3. The largest absolute Gasteiger partial charge is 0.507 e. The molecule has 1 unspecified atom stereocenters. The Labute approximate surface area is 196 Å². The standard InChI is InChI=1S/C27H34N2O4/c1-17(2)16-33-22-12-11-21(15-19(22)4)25(30)23-24(20-9-7-18(3)8-10-20)29(14-13-28(5)6)27(32)26(23)31/h7-12,15,17,24,30H,13-14,16H2,1-6H3/b25-23-. The van der Waals surface area contributed by atoms with Gasteiger partial charge in [-0.2, -0.15) is 0 Å².